The lowest BCUT2D eigenvalue weighted by molar-refractivity contribution is -0.119. The molecule has 1 fully saturated rings. The van der Waals surface area contributed by atoms with Crippen molar-refractivity contribution in [3.05, 3.63) is 23.8 Å². The first-order chi connectivity index (χ1) is 9.81. The molecule has 0 saturated carbocycles. The Bertz CT molecular complexity index is 495. The highest BCUT2D eigenvalue weighted by Crippen LogP contribution is 2.35. The summed E-state index contributed by atoms with van der Waals surface area (Å²) in [5.74, 6) is 1.18. The van der Waals surface area contributed by atoms with Crippen LogP contribution in [0.5, 0.6) is 5.75 Å². The van der Waals surface area contributed by atoms with Crippen LogP contribution in [0, 0.1) is 0 Å². The number of ether oxygens (including phenoxy) is 1. The number of anilines is 1. The van der Waals surface area contributed by atoms with Crippen LogP contribution in [0.25, 0.3) is 0 Å². The highest BCUT2D eigenvalue weighted by molar-refractivity contribution is 5.95. The molecule has 0 radical (unpaired) electrons. The van der Waals surface area contributed by atoms with Crippen LogP contribution < -0.4 is 15.0 Å². The molecule has 3 rings (SSSR count). The maximum atomic E-state index is 12.6. The predicted octanol–water partition coefficient (Wildman–Crippen LogP) is 2.12. The Balaban J connectivity index is 1.96. The van der Waals surface area contributed by atoms with Crippen molar-refractivity contribution in [3.8, 4) is 5.75 Å². The Morgan fingerprint density at radius 1 is 1.50 bits per heavy atom. The summed E-state index contributed by atoms with van der Waals surface area (Å²) in [6.07, 6.45) is 3.43. The van der Waals surface area contributed by atoms with E-state index in [0.29, 0.717) is 6.42 Å². The van der Waals surface area contributed by atoms with Gasteiger partial charge in [-0.15, -0.1) is 0 Å². The van der Waals surface area contributed by atoms with Crippen LogP contribution in [0.15, 0.2) is 18.2 Å². The van der Waals surface area contributed by atoms with E-state index in [1.165, 1.54) is 5.56 Å². The van der Waals surface area contributed by atoms with Crippen LogP contribution in [-0.2, 0) is 11.2 Å². The van der Waals surface area contributed by atoms with Gasteiger partial charge in [-0.3, -0.25) is 4.79 Å². The van der Waals surface area contributed by atoms with Gasteiger partial charge in [0, 0.05) is 24.9 Å². The minimum atomic E-state index is 0.238. The first-order valence-corrected chi connectivity index (χ1v) is 7.58. The SMILES string of the molecule is CCCC(=O)N(c1cccc2c1CCO2)C1CCNC1. The quantitative estimate of drug-likeness (QED) is 0.914. The molecule has 108 valence electrons. The number of carbonyl (C=O) groups excluding carboxylic acids is 1. The Labute approximate surface area is 120 Å². The van der Waals surface area contributed by atoms with Crippen molar-refractivity contribution in [2.75, 3.05) is 24.6 Å². The molecular weight excluding hydrogens is 252 g/mol. The molecule has 1 unspecified atom stereocenters. The number of nitrogens with one attached hydrogen (secondary N) is 1. The Morgan fingerprint density at radius 2 is 2.40 bits per heavy atom. The van der Waals surface area contributed by atoms with Crippen LogP contribution in [0.3, 0.4) is 0 Å². The van der Waals surface area contributed by atoms with Crippen LogP contribution in [0.2, 0.25) is 0 Å². The third-order valence-corrected chi connectivity index (χ3v) is 4.11. The highest BCUT2D eigenvalue weighted by Gasteiger charge is 2.30. The van der Waals surface area contributed by atoms with E-state index in [4.69, 9.17) is 4.74 Å². The number of amides is 1. The molecule has 4 heteroatoms. The second kappa shape index (κ2) is 5.83. The van der Waals surface area contributed by atoms with E-state index in [2.05, 4.69) is 18.3 Å². The molecule has 20 heavy (non-hydrogen) atoms. The maximum absolute atomic E-state index is 12.6. The maximum Gasteiger partial charge on any atom is 0.227 e. The van der Waals surface area contributed by atoms with Crippen molar-refractivity contribution in [1.29, 1.82) is 0 Å². The summed E-state index contributed by atoms with van der Waals surface area (Å²) in [5.41, 5.74) is 2.26. The fourth-order valence-electron chi connectivity index (χ4n) is 3.16. The van der Waals surface area contributed by atoms with Crippen molar-refractivity contribution in [2.24, 2.45) is 0 Å². The first-order valence-electron chi connectivity index (χ1n) is 7.58. The standard InChI is InChI=1S/C16H22N2O2/c1-2-4-16(19)18(12-7-9-17-11-12)14-5-3-6-15-13(14)8-10-20-15/h3,5-6,12,17H,2,4,7-11H2,1H3. The Hall–Kier alpha value is -1.55. The fraction of sp³-hybridized carbons (Fsp3) is 0.562. The van der Waals surface area contributed by atoms with E-state index in [1.54, 1.807) is 0 Å². The van der Waals surface area contributed by atoms with Gasteiger partial charge in [-0.1, -0.05) is 13.0 Å². The van der Waals surface area contributed by atoms with Crippen LogP contribution in [0.1, 0.15) is 31.7 Å². The molecule has 2 heterocycles. The molecule has 0 aromatic heterocycles. The molecule has 4 nitrogen and oxygen atoms in total. The number of fused-ring (bicyclic) bond motifs is 1. The summed E-state index contributed by atoms with van der Waals surface area (Å²) in [4.78, 5) is 14.6. The lowest BCUT2D eigenvalue weighted by atomic mass is 10.1. The van der Waals surface area contributed by atoms with Crippen molar-refractivity contribution in [1.82, 2.24) is 5.32 Å². The van der Waals surface area contributed by atoms with Gasteiger partial charge < -0.3 is 15.0 Å². The predicted molar refractivity (Wildman–Crippen MR) is 79.3 cm³/mol. The van der Waals surface area contributed by atoms with Gasteiger partial charge >= 0.3 is 0 Å². The molecule has 2 aliphatic heterocycles. The second-order valence-electron chi connectivity index (χ2n) is 5.51. The minimum absolute atomic E-state index is 0.238. The Kier molecular flexibility index (Phi) is 3.92. The number of benzene rings is 1. The van der Waals surface area contributed by atoms with E-state index in [9.17, 15) is 4.79 Å². The number of nitrogens with zero attached hydrogens (tertiary/aromatic N) is 1. The smallest absolute Gasteiger partial charge is 0.227 e. The van der Waals surface area contributed by atoms with Gasteiger partial charge in [-0.05, 0) is 31.5 Å². The largest absolute Gasteiger partial charge is 0.493 e. The monoisotopic (exact) mass is 274 g/mol. The van der Waals surface area contributed by atoms with E-state index < -0.39 is 0 Å². The molecule has 0 spiro atoms. The van der Waals surface area contributed by atoms with E-state index >= 15 is 0 Å². The van der Waals surface area contributed by atoms with E-state index in [0.717, 1.165) is 50.4 Å². The van der Waals surface area contributed by atoms with Gasteiger partial charge in [0.15, 0.2) is 0 Å². The van der Waals surface area contributed by atoms with E-state index in [-0.39, 0.29) is 11.9 Å². The third kappa shape index (κ3) is 2.40. The molecule has 1 amide bonds. The molecule has 1 atom stereocenters. The number of hydrogen-bond donors (Lipinski definition) is 1. The van der Waals surface area contributed by atoms with Crippen LogP contribution >= 0.6 is 0 Å². The zero-order valence-corrected chi connectivity index (χ0v) is 12.0. The topological polar surface area (TPSA) is 41.6 Å². The number of carbonyl (C=O) groups is 1. The summed E-state index contributed by atoms with van der Waals surface area (Å²) < 4.78 is 5.64. The average Bonchev–Trinajstić information content (AvgIpc) is 3.10. The number of rotatable bonds is 4. The lowest BCUT2D eigenvalue weighted by Gasteiger charge is -2.30. The highest BCUT2D eigenvalue weighted by atomic mass is 16.5. The Morgan fingerprint density at radius 3 is 3.15 bits per heavy atom. The summed E-state index contributed by atoms with van der Waals surface area (Å²) in [7, 11) is 0. The van der Waals surface area contributed by atoms with E-state index in [1.807, 2.05) is 17.0 Å². The molecule has 1 N–H and O–H groups in total. The van der Waals surface area contributed by atoms with Crippen LogP contribution in [0.4, 0.5) is 5.69 Å². The number of hydrogen-bond acceptors (Lipinski definition) is 3. The van der Waals surface area contributed by atoms with Gasteiger partial charge in [0.25, 0.3) is 0 Å². The van der Waals surface area contributed by atoms with Gasteiger partial charge in [0.2, 0.25) is 5.91 Å². The fourth-order valence-corrected chi connectivity index (χ4v) is 3.16. The molecule has 1 aromatic rings. The molecular formula is C16H22N2O2. The van der Waals surface area contributed by atoms with Crippen molar-refractivity contribution in [3.63, 3.8) is 0 Å². The minimum Gasteiger partial charge on any atom is -0.493 e. The van der Waals surface area contributed by atoms with Gasteiger partial charge in [-0.25, -0.2) is 0 Å². The molecule has 1 saturated heterocycles. The third-order valence-electron chi connectivity index (χ3n) is 4.11. The van der Waals surface area contributed by atoms with Crippen LogP contribution in [-0.4, -0.2) is 31.6 Å². The zero-order valence-electron chi connectivity index (χ0n) is 12.0. The first kappa shape index (κ1) is 13.4. The lowest BCUT2D eigenvalue weighted by Crippen LogP contribution is -2.42. The summed E-state index contributed by atoms with van der Waals surface area (Å²) in [6.45, 7) is 4.67. The normalized spacial score (nSPS) is 20.6. The summed E-state index contributed by atoms with van der Waals surface area (Å²) >= 11 is 0. The van der Waals surface area contributed by atoms with Gasteiger partial charge in [-0.2, -0.15) is 0 Å². The molecule has 2 aliphatic rings. The molecule has 0 bridgehead atoms. The zero-order chi connectivity index (χ0) is 13.9. The second-order valence-corrected chi connectivity index (χ2v) is 5.51. The van der Waals surface area contributed by atoms with Crippen molar-refractivity contribution < 1.29 is 9.53 Å². The summed E-state index contributed by atoms with van der Waals surface area (Å²) in [6, 6.07) is 6.34. The molecule has 1 aromatic carbocycles. The van der Waals surface area contributed by atoms with Gasteiger partial charge in [0.05, 0.1) is 18.3 Å². The van der Waals surface area contributed by atoms with Crippen molar-refractivity contribution >= 4 is 11.6 Å². The molecule has 0 aliphatic carbocycles. The van der Waals surface area contributed by atoms with Gasteiger partial charge in [0.1, 0.15) is 5.75 Å². The average molecular weight is 274 g/mol. The van der Waals surface area contributed by atoms with Crippen molar-refractivity contribution in [2.45, 2.75) is 38.6 Å². The summed E-state index contributed by atoms with van der Waals surface area (Å²) in [5, 5.41) is 3.36.